The van der Waals surface area contributed by atoms with Crippen molar-refractivity contribution in [3.63, 3.8) is 0 Å². The zero-order valence-electron chi connectivity index (χ0n) is 16.6. The van der Waals surface area contributed by atoms with Gasteiger partial charge in [-0.25, -0.2) is 17.5 Å². The number of rotatable bonds is 8. The molecular formula is C21H24ClFN2O5S. The molecule has 1 heterocycles. The van der Waals surface area contributed by atoms with Crippen molar-refractivity contribution in [2.24, 2.45) is 0 Å². The van der Waals surface area contributed by atoms with E-state index in [2.05, 4.69) is 10.0 Å². The van der Waals surface area contributed by atoms with Crippen LogP contribution in [0.25, 0.3) is 0 Å². The topological polar surface area (TPSA) is 105 Å². The molecule has 0 aliphatic carbocycles. The van der Waals surface area contributed by atoms with Gasteiger partial charge >= 0.3 is 0 Å². The van der Waals surface area contributed by atoms with Crippen LogP contribution in [0.4, 0.5) is 4.39 Å². The predicted molar refractivity (Wildman–Crippen MR) is 114 cm³/mol. The number of benzene rings is 2. The Hall–Kier alpha value is -2.04. The molecule has 1 fully saturated rings. The summed E-state index contributed by atoms with van der Waals surface area (Å²) in [6.45, 7) is -0.144. The molecule has 0 unspecified atom stereocenters. The van der Waals surface area contributed by atoms with Crippen molar-refractivity contribution >= 4 is 27.5 Å². The molecule has 3 N–H and O–H groups in total. The number of halogens is 2. The van der Waals surface area contributed by atoms with Crippen molar-refractivity contribution in [2.75, 3.05) is 13.2 Å². The number of ether oxygens (including phenoxy) is 1. The van der Waals surface area contributed by atoms with Gasteiger partial charge in [0, 0.05) is 17.1 Å². The molecule has 2 aromatic carbocycles. The first kappa shape index (κ1) is 23.6. The first-order chi connectivity index (χ1) is 14.8. The Kier molecular flexibility index (Phi) is 8.01. The Morgan fingerprint density at radius 2 is 1.94 bits per heavy atom. The van der Waals surface area contributed by atoms with Crippen molar-refractivity contribution in [3.8, 4) is 0 Å². The summed E-state index contributed by atoms with van der Waals surface area (Å²) in [5.74, 6) is -0.951. The zero-order valence-corrected chi connectivity index (χ0v) is 18.2. The lowest BCUT2D eigenvalue weighted by atomic mass is 9.97. The van der Waals surface area contributed by atoms with E-state index in [0.29, 0.717) is 24.3 Å². The van der Waals surface area contributed by atoms with Gasteiger partial charge in [0.2, 0.25) is 10.0 Å². The van der Waals surface area contributed by atoms with E-state index in [-0.39, 0.29) is 29.7 Å². The van der Waals surface area contributed by atoms with E-state index in [9.17, 15) is 22.7 Å². The Labute approximate surface area is 185 Å². The molecule has 7 nitrogen and oxygen atoms in total. The second-order valence-electron chi connectivity index (χ2n) is 7.29. The van der Waals surface area contributed by atoms with Gasteiger partial charge in [0.05, 0.1) is 23.6 Å². The molecular weight excluding hydrogens is 447 g/mol. The summed E-state index contributed by atoms with van der Waals surface area (Å²) in [6, 6.07) is 10.8. The third-order valence-electron chi connectivity index (χ3n) is 5.08. The maximum absolute atomic E-state index is 13.3. The van der Waals surface area contributed by atoms with Gasteiger partial charge < -0.3 is 15.2 Å². The van der Waals surface area contributed by atoms with E-state index in [1.54, 1.807) is 0 Å². The molecule has 168 valence electrons. The highest BCUT2D eigenvalue weighted by Crippen LogP contribution is 2.22. The van der Waals surface area contributed by atoms with Crippen LogP contribution in [0, 0.1) is 5.82 Å². The van der Waals surface area contributed by atoms with E-state index >= 15 is 0 Å². The minimum absolute atomic E-state index is 0.120. The maximum Gasteiger partial charge on any atom is 0.251 e. The van der Waals surface area contributed by atoms with E-state index in [1.165, 1.54) is 42.5 Å². The van der Waals surface area contributed by atoms with Gasteiger partial charge in [-0.3, -0.25) is 4.79 Å². The predicted octanol–water partition coefficient (Wildman–Crippen LogP) is 2.49. The fourth-order valence-corrected chi connectivity index (χ4v) is 4.62. The quantitative estimate of drug-likeness (QED) is 0.549. The van der Waals surface area contributed by atoms with Gasteiger partial charge in [-0.1, -0.05) is 17.7 Å². The number of aliphatic hydroxyl groups excluding tert-OH is 1. The van der Waals surface area contributed by atoms with Crippen molar-refractivity contribution < 1.29 is 27.4 Å². The van der Waals surface area contributed by atoms with E-state index < -0.39 is 33.9 Å². The van der Waals surface area contributed by atoms with E-state index in [0.717, 1.165) is 6.07 Å². The van der Waals surface area contributed by atoms with Crippen molar-refractivity contribution in [2.45, 2.75) is 42.4 Å². The lowest BCUT2D eigenvalue weighted by molar-refractivity contribution is -0.0891. The molecule has 0 saturated carbocycles. The average Bonchev–Trinajstić information content (AvgIpc) is 2.74. The number of hydrogen-bond acceptors (Lipinski definition) is 5. The second kappa shape index (κ2) is 10.5. The van der Waals surface area contributed by atoms with Gasteiger partial charge in [0.15, 0.2) is 0 Å². The maximum atomic E-state index is 13.3. The van der Waals surface area contributed by atoms with E-state index in [1.807, 2.05) is 0 Å². The molecule has 10 heteroatoms. The highest BCUT2D eigenvalue weighted by Gasteiger charge is 2.32. The molecule has 0 radical (unpaired) electrons. The van der Waals surface area contributed by atoms with Crippen molar-refractivity contribution in [1.82, 2.24) is 10.0 Å². The number of carbonyl (C=O) groups excluding carboxylic acids is 1. The minimum Gasteiger partial charge on any atom is -0.394 e. The first-order valence-electron chi connectivity index (χ1n) is 9.86. The lowest BCUT2D eigenvalue weighted by Crippen LogP contribution is -2.51. The normalized spacial score (nSPS) is 21.6. The zero-order chi connectivity index (χ0) is 22.4. The average molecular weight is 471 g/mol. The van der Waals surface area contributed by atoms with Crippen LogP contribution in [0.3, 0.4) is 0 Å². The SMILES string of the molecule is O=C(N[C@H]1CC[C@@H](CCNS(=O)(=O)c2ccc(Cl)cc2)O[C@H]1CO)c1cccc(F)c1. The molecule has 0 aromatic heterocycles. The largest absolute Gasteiger partial charge is 0.394 e. The lowest BCUT2D eigenvalue weighted by Gasteiger charge is -2.36. The summed E-state index contributed by atoms with van der Waals surface area (Å²) < 4.78 is 46.4. The summed E-state index contributed by atoms with van der Waals surface area (Å²) in [7, 11) is -3.66. The summed E-state index contributed by atoms with van der Waals surface area (Å²) in [4.78, 5) is 12.5. The van der Waals surface area contributed by atoms with Crippen molar-refractivity contribution in [1.29, 1.82) is 0 Å². The van der Waals surface area contributed by atoms with Crippen LogP contribution >= 0.6 is 11.6 Å². The third-order valence-corrected chi connectivity index (χ3v) is 6.81. The third kappa shape index (κ3) is 6.47. The van der Waals surface area contributed by atoms with Gasteiger partial charge in [0.25, 0.3) is 5.91 Å². The monoisotopic (exact) mass is 470 g/mol. The molecule has 0 bridgehead atoms. The van der Waals surface area contributed by atoms with Crippen LogP contribution in [0.5, 0.6) is 0 Å². The van der Waals surface area contributed by atoms with Crippen LogP contribution in [-0.2, 0) is 14.8 Å². The summed E-state index contributed by atoms with van der Waals surface area (Å²) in [6.07, 6.45) is 0.624. The standard InChI is InChI=1S/C21H24ClFN2O5S/c22-15-4-7-18(8-5-15)31(28,29)24-11-10-17-6-9-19(20(13-26)30-17)25-21(27)14-2-1-3-16(23)12-14/h1-5,7-8,12,17,19-20,24,26H,6,9-11,13H2,(H,25,27)/t17-,19-,20-/m0/s1. The first-order valence-corrected chi connectivity index (χ1v) is 11.7. The Morgan fingerprint density at radius 1 is 1.19 bits per heavy atom. The van der Waals surface area contributed by atoms with E-state index in [4.69, 9.17) is 16.3 Å². The van der Waals surface area contributed by atoms with Crippen molar-refractivity contribution in [3.05, 3.63) is 64.9 Å². The molecule has 0 spiro atoms. The number of carbonyl (C=O) groups is 1. The van der Waals surface area contributed by atoms with Crippen LogP contribution in [0.2, 0.25) is 5.02 Å². The van der Waals surface area contributed by atoms with Crippen LogP contribution in [-0.4, -0.2) is 50.8 Å². The number of amides is 1. The molecule has 1 amide bonds. The molecule has 3 rings (SSSR count). The molecule has 2 aromatic rings. The Morgan fingerprint density at radius 3 is 2.61 bits per heavy atom. The van der Waals surface area contributed by atoms with Gasteiger partial charge in [-0.2, -0.15) is 0 Å². The number of nitrogens with one attached hydrogen (secondary N) is 2. The van der Waals surface area contributed by atoms with Gasteiger partial charge in [-0.05, 0) is 61.7 Å². The molecule has 1 aliphatic rings. The fraction of sp³-hybridized carbons (Fsp3) is 0.381. The minimum atomic E-state index is -3.66. The molecule has 3 atom stereocenters. The van der Waals surface area contributed by atoms with Gasteiger partial charge in [-0.15, -0.1) is 0 Å². The smallest absolute Gasteiger partial charge is 0.251 e. The number of sulfonamides is 1. The Bertz CT molecular complexity index is 1000. The highest BCUT2D eigenvalue weighted by molar-refractivity contribution is 7.89. The highest BCUT2D eigenvalue weighted by atomic mass is 35.5. The Balaban J connectivity index is 1.50. The van der Waals surface area contributed by atoms with Crippen LogP contribution in [0.1, 0.15) is 29.6 Å². The molecule has 31 heavy (non-hydrogen) atoms. The summed E-state index contributed by atoms with van der Waals surface area (Å²) in [5.41, 5.74) is 0.190. The molecule has 1 saturated heterocycles. The number of aliphatic hydroxyl groups is 1. The number of hydrogen-bond donors (Lipinski definition) is 3. The summed E-state index contributed by atoms with van der Waals surface area (Å²) >= 11 is 5.78. The van der Waals surface area contributed by atoms with Gasteiger partial charge in [0.1, 0.15) is 11.9 Å². The fourth-order valence-electron chi connectivity index (χ4n) is 3.44. The van der Waals surface area contributed by atoms with Crippen LogP contribution in [0.15, 0.2) is 53.4 Å². The summed E-state index contributed by atoms with van der Waals surface area (Å²) in [5, 5.41) is 12.9. The van der Waals surface area contributed by atoms with Crippen LogP contribution < -0.4 is 10.0 Å². The molecule has 1 aliphatic heterocycles. The second-order valence-corrected chi connectivity index (χ2v) is 9.49.